The molecule has 0 spiro atoms. The summed E-state index contributed by atoms with van der Waals surface area (Å²) in [6.07, 6.45) is 2.72. The fourth-order valence-corrected chi connectivity index (χ4v) is 3.66. The molecule has 1 saturated heterocycles. The average Bonchev–Trinajstić information content (AvgIpc) is 2.85. The van der Waals surface area contributed by atoms with Crippen LogP contribution in [0.25, 0.3) is 0 Å². The first-order chi connectivity index (χ1) is 9.72. The van der Waals surface area contributed by atoms with Crippen LogP contribution in [-0.4, -0.2) is 56.6 Å². The van der Waals surface area contributed by atoms with Gasteiger partial charge in [-0.2, -0.15) is 0 Å². The van der Waals surface area contributed by atoms with Gasteiger partial charge < -0.3 is 15.1 Å². The molecule has 0 amide bonds. The van der Waals surface area contributed by atoms with Gasteiger partial charge in [0.15, 0.2) is 0 Å². The molecule has 1 fully saturated rings. The molecule has 1 atom stereocenters. The minimum absolute atomic E-state index is 0.655. The van der Waals surface area contributed by atoms with Crippen molar-refractivity contribution in [3.8, 4) is 0 Å². The summed E-state index contributed by atoms with van der Waals surface area (Å²) in [5, 5.41) is 3.53. The topological polar surface area (TPSA) is 18.5 Å². The first-order valence-corrected chi connectivity index (χ1v) is 7.92. The molecule has 1 unspecified atom stereocenters. The molecule has 2 aliphatic heterocycles. The van der Waals surface area contributed by atoms with Crippen molar-refractivity contribution in [1.82, 2.24) is 9.80 Å². The van der Waals surface area contributed by atoms with E-state index in [9.17, 15) is 0 Å². The average molecular weight is 273 g/mol. The van der Waals surface area contributed by atoms with Crippen molar-refractivity contribution in [2.24, 2.45) is 5.92 Å². The van der Waals surface area contributed by atoms with Crippen molar-refractivity contribution >= 4 is 5.69 Å². The molecule has 110 valence electrons. The van der Waals surface area contributed by atoms with Crippen LogP contribution in [0, 0.1) is 5.92 Å². The molecule has 1 aromatic carbocycles. The Balaban J connectivity index is 1.51. The SMILES string of the molecule is CN1CCC(CN(C)CC2CNc3ccccc32)CC1. The zero-order valence-corrected chi connectivity index (χ0v) is 12.8. The molecule has 3 rings (SSSR count). The van der Waals surface area contributed by atoms with Gasteiger partial charge in [0.1, 0.15) is 0 Å². The van der Waals surface area contributed by atoms with Crippen LogP contribution < -0.4 is 5.32 Å². The fraction of sp³-hybridized carbons (Fsp3) is 0.647. The maximum Gasteiger partial charge on any atom is 0.0376 e. The lowest BCUT2D eigenvalue weighted by atomic mass is 9.95. The molecule has 0 radical (unpaired) electrons. The highest BCUT2D eigenvalue weighted by Gasteiger charge is 2.24. The third kappa shape index (κ3) is 3.15. The lowest BCUT2D eigenvalue weighted by molar-refractivity contribution is 0.173. The summed E-state index contributed by atoms with van der Waals surface area (Å²) in [5.41, 5.74) is 2.84. The minimum atomic E-state index is 0.655. The number of benzene rings is 1. The highest BCUT2D eigenvalue weighted by atomic mass is 15.1. The van der Waals surface area contributed by atoms with E-state index in [1.165, 1.54) is 50.3 Å². The summed E-state index contributed by atoms with van der Waals surface area (Å²) < 4.78 is 0. The Labute approximate surface area is 123 Å². The largest absolute Gasteiger partial charge is 0.384 e. The molecule has 0 aromatic heterocycles. The van der Waals surface area contributed by atoms with Gasteiger partial charge in [-0.1, -0.05) is 18.2 Å². The Morgan fingerprint density at radius 2 is 1.95 bits per heavy atom. The second kappa shape index (κ2) is 6.15. The van der Waals surface area contributed by atoms with Gasteiger partial charge in [-0.25, -0.2) is 0 Å². The normalized spacial score (nSPS) is 23.9. The Bertz CT molecular complexity index is 438. The zero-order chi connectivity index (χ0) is 13.9. The second-order valence-electron chi connectivity index (χ2n) is 6.63. The fourth-order valence-electron chi connectivity index (χ4n) is 3.66. The Morgan fingerprint density at radius 1 is 1.20 bits per heavy atom. The number of anilines is 1. The Morgan fingerprint density at radius 3 is 2.75 bits per heavy atom. The molecule has 1 N–H and O–H groups in total. The number of hydrogen-bond donors (Lipinski definition) is 1. The van der Waals surface area contributed by atoms with Crippen LogP contribution in [0.3, 0.4) is 0 Å². The van der Waals surface area contributed by atoms with E-state index < -0.39 is 0 Å². The predicted molar refractivity (Wildman–Crippen MR) is 85.4 cm³/mol. The number of likely N-dealkylation sites (N-methyl/N-ethyl adjacent to an activating group) is 1. The van der Waals surface area contributed by atoms with E-state index in [0.717, 1.165) is 12.5 Å². The van der Waals surface area contributed by atoms with Gasteiger partial charge in [0.25, 0.3) is 0 Å². The van der Waals surface area contributed by atoms with Crippen LogP contribution >= 0.6 is 0 Å². The van der Waals surface area contributed by atoms with Crippen LogP contribution in [0.1, 0.15) is 24.3 Å². The molecule has 1 aromatic rings. The number of piperidine rings is 1. The van der Waals surface area contributed by atoms with E-state index in [2.05, 4.69) is 53.5 Å². The monoisotopic (exact) mass is 273 g/mol. The van der Waals surface area contributed by atoms with Gasteiger partial charge in [-0.15, -0.1) is 0 Å². The molecule has 2 heterocycles. The number of fused-ring (bicyclic) bond motifs is 1. The molecule has 3 nitrogen and oxygen atoms in total. The summed E-state index contributed by atoms with van der Waals surface area (Å²) in [4.78, 5) is 5.00. The zero-order valence-electron chi connectivity index (χ0n) is 12.8. The molecular weight excluding hydrogens is 246 g/mol. The molecular formula is C17H27N3. The smallest absolute Gasteiger partial charge is 0.0376 e. The summed E-state index contributed by atoms with van der Waals surface area (Å²) >= 11 is 0. The van der Waals surface area contributed by atoms with E-state index >= 15 is 0 Å². The van der Waals surface area contributed by atoms with Crippen LogP contribution in [-0.2, 0) is 0 Å². The number of para-hydroxylation sites is 1. The van der Waals surface area contributed by atoms with Crippen LogP contribution in [0.5, 0.6) is 0 Å². The van der Waals surface area contributed by atoms with Gasteiger partial charge in [0.05, 0.1) is 0 Å². The molecule has 0 aliphatic carbocycles. The molecule has 2 aliphatic rings. The summed E-state index contributed by atoms with van der Waals surface area (Å²) in [6.45, 7) is 6.07. The van der Waals surface area contributed by atoms with Crippen molar-refractivity contribution in [2.45, 2.75) is 18.8 Å². The van der Waals surface area contributed by atoms with Crippen molar-refractivity contribution < 1.29 is 0 Å². The van der Waals surface area contributed by atoms with Gasteiger partial charge in [-0.05, 0) is 57.6 Å². The van der Waals surface area contributed by atoms with Gasteiger partial charge in [-0.3, -0.25) is 0 Å². The van der Waals surface area contributed by atoms with E-state index in [1.807, 2.05) is 0 Å². The number of rotatable bonds is 4. The summed E-state index contributed by atoms with van der Waals surface area (Å²) in [7, 11) is 4.53. The number of nitrogens with zero attached hydrogens (tertiary/aromatic N) is 2. The van der Waals surface area contributed by atoms with Gasteiger partial charge in [0.2, 0.25) is 0 Å². The quantitative estimate of drug-likeness (QED) is 0.909. The number of likely N-dealkylation sites (tertiary alicyclic amines) is 1. The summed E-state index contributed by atoms with van der Waals surface area (Å²) in [6, 6.07) is 8.77. The van der Waals surface area contributed by atoms with Crippen molar-refractivity contribution in [3.05, 3.63) is 29.8 Å². The third-order valence-electron chi connectivity index (χ3n) is 4.88. The lowest BCUT2D eigenvalue weighted by Crippen LogP contribution is -2.37. The first kappa shape index (κ1) is 13.9. The van der Waals surface area contributed by atoms with E-state index in [-0.39, 0.29) is 0 Å². The highest BCUT2D eigenvalue weighted by Crippen LogP contribution is 2.31. The Hall–Kier alpha value is -1.06. The molecule has 0 saturated carbocycles. The van der Waals surface area contributed by atoms with E-state index in [1.54, 1.807) is 0 Å². The highest BCUT2D eigenvalue weighted by molar-refractivity contribution is 5.57. The van der Waals surface area contributed by atoms with E-state index in [4.69, 9.17) is 0 Å². The van der Waals surface area contributed by atoms with Gasteiger partial charge >= 0.3 is 0 Å². The predicted octanol–water partition coefficient (Wildman–Crippen LogP) is 2.47. The van der Waals surface area contributed by atoms with Crippen molar-refractivity contribution in [3.63, 3.8) is 0 Å². The number of hydrogen-bond acceptors (Lipinski definition) is 3. The lowest BCUT2D eigenvalue weighted by Gasteiger charge is -2.32. The second-order valence-corrected chi connectivity index (χ2v) is 6.63. The van der Waals surface area contributed by atoms with Crippen LogP contribution in [0.4, 0.5) is 5.69 Å². The van der Waals surface area contributed by atoms with E-state index in [0.29, 0.717) is 5.92 Å². The Kier molecular flexibility index (Phi) is 4.27. The van der Waals surface area contributed by atoms with Crippen LogP contribution in [0.15, 0.2) is 24.3 Å². The maximum atomic E-state index is 3.53. The maximum absolute atomic E-state index is 3.53. The standard InChI is InChI=1S/C17H27N3/c1-19-9-7-14(8-10-19)12-20(2)13-15-11-18-17-6-4-3-5-16(15)17/h3-6,14-15,18H,7-13H2,1-2H3. The van der Waals surface area contributed by atoms with Crippen molar-refractivity contribution in [2.75, 3.05) is 52.1 Å². The minimum Gasteiger partial charge on any atom is -0.384 e. The van der Waals surface area contributed by atoms with Crippen molar-refractivity contribution in [1.29, 1.82) is 0 Å². The molecule has 20 heavy (non-hydrogen) atoms. The van der Waals surface area contributed by atoms with Gasteiger partial charge in [0, 0.05) is 31.2 Å². The molecule has 3 heteroatoms. The summed E-state index contributed by atoms with van der Waals surface area (Å²) in [5.74, 6) is 1.54. The first-order valence-electron chi connectivity index (χ1n) is 7.92. The third-order valence-corrected chi connectivity index (χ3v) is 4.88. The van der Waals surface area contributed by atoms with Crippen LogP contribution in [0.2, 0.25) is 0 Å². The number of nitrogens with one attached hydrogen (secondary N) is 1. The molecule has 0 bridgehead atoms.